The molecule has 3 nitrogen and oxygen atoms in total. The van der Waals surface area contributed by atoms with Crippen molar-refractivity contribution in [2.45, 2.75) is 26.7 Å². The fraction of sp³-hybridized carbons (Fsp3) is 0.583. The molecule has 5 heteroatoms. The highest BCUT2D eigenvalue weighted by atomic mass is 127. The van der Waals surface area contributed by atoms with Crippen molar-refractivity contribution in [3.8, 4) is 0 Å². The zero-order valence-corrected chi connectivity index (χ0v) is 13.8. The topological polar surface area (TPSA) is 50.4 Å². The number of hydrogen-bond donors (Lipinski definition) is 2. The third kappa shape index (κ3) is 6.88. The van der Waals surface area contributed by atoms with E-state index in [4.69, 9.17) is 5.73 Å². The predicted molar refractivity (Wildman–Crippen MR) is 87.5 cm³/mol. The van der Waals surface area contributed by atoms with Crippen LogP contribution in [0.25, 0.3) is 0 Å². The van der Waals surface area contributed by atoms with Crippen LogP contribution in [0.3, 0.4) is 0 Å². The molecule has 0 radical (unpaired) electrons. The normalized spacial score (nSPS) is 13.3. The van der Waals surface area contributed by atoms with Gasteiger partial charge < -0.3 is 11.1 Å². The van der Waals surface area contributed by atoms with Crippen LogP contribution in [-0.4, -0.2) is 19.0 Å². The molecule has 98 valence electrons. The van der Waals surface area contributed by atoms with Crippen LogP contribution in [0.4, 0.5) is 0 Å². The lowest BCUT2D eigenvalue weighted by Gasteiger charge is -2.11. The quantitative estimate of drug-likeness (QED) is 0.478. The number of rotatable bonds is 5. The Labute approximate surface area is 125 Å². The highest BCUT2D eigenvalue weighted by Gasteiger charge is 2.06. The van der Waals surface area contributed by atoms with Crippen LogP contribution in [-0.2, 0) is 0 Å². The summed E-state index contributed by atoms with van der Waals surface area (Å²) in [6, 6.07) is 4.23. The molecule has 0 aliphatic heterocycles. The van der Waals surface area contributed by atoms with E-state index < -0.39 is 0 Å². The molecule has 1 unspecified atom stereocenters. The summed E-state index contributed by atoms with van der Waals surface area (Å²) < 4.78 is 0. The van der Waals surface area contributed by atoms with Gasteiger partial charge in [-0.3, -0.25) is 4.99 Å². The molecule has 1 heterocycles. The Hall–Kier alpha value is -0.300. The SMILES string of the molecule is CC(C)CN=C(N)NCC(C)c1cccs1.I. The van der Waals surface area contributed by atoms with Gasteiger partial charge in [-0.15, -0.1) is 35.3 Å². The van der Waals surface area contributed by atoms with E-state index in [2.05, 4.69) is 48.6 Å². The van der Waals surface area contributed by atoms with Crippen molar-refractivity contribution in [1.29, 1.82) is 0 Å². The van der Waals surface area contributed by atoms with Crippen LogP contribution in [0, 0.1) is 5.92 Å². The molecular weight excluding hydrogens is 345 g/mol. The van der Waals surface area contributed by atoms with Crippen molar-refractivity contribution in [2.75, 3.05) is 13.1 Å². The number of aliphatic imine (C=N–C) groups is 1. The van der Waals surface area contributed by atoms with Gasteiger partial charge >= 0.3 is 0 Å². The monoisotopic (exact) mass is 367 g/mol. The first-order chi connectivity index (χ1) is 7.59. The average molecular weight is 367 g/mol. The van der Waals surface area contributed by atoms with Gasteiger partial charge in [-0.05, 0) is 17.4 Å². The number of nitrogens with one attached hydrogen (secondary N) is 1. The van der Waals surface area contributed by atoms with E-state index in [1.807, 2.05) is 0 Å². The van der Waals surface area contributed by atoms with E-state index in [1.165, 1.54) is 4.88 Å². The van der Waals surface area contributed by atoms with Crippen LogP contribution in [0.15, 0.2) is 22.5 Å². The molecule has 0 saturated carbocycles. The number of thiophene rings is 1. The summed E-state index contributed by atoms with van der Waals surface area (Å²) in [5.41, 5.74) is 5.77. The van der Waals surface area contributed by atoms with E-state index in [1.54, 1.807) is 11.3 Å². The van der Waals surface area contributed by atoms with Crippen LogP contribution < -0.4 is 11.1 Å². The van der Waals surface area contributed by atoms with Crippen LogP contribution in [0.5, 0.6) is 0 Å². The molecule has 0 bridgehead atoms. The standard InChI is InChI=1S/C12H21N3S.HI/c1-9(2)7-14-12(13)15-8-10(3)11-5-4-6-16-11;/h4-6,9-10H,7-8H2,1-3H3,(H3,13,14,15);1H. The smallest absolute Gasteiger partial charge is 0.188 e. The van der Waals surface area contributed by atoms with Crippen molar-refractivity contribution in [2.24, 2.45) is 16.6 Å². The maximum absolute atomic E-state index is 5.77. The first-order valence-corrected chi connectivity index (χ1v) is 6.54. The Morgan fingerprint density at radius 3 is 2.71 bits per heavy atom. The molecule has 0 fully saturated rings. The summed E-state index contributed by atoms with van der Waals surface area (Å²) >= 11 is 1.78. The van der Waals surface area contributed by atoms with Crippen LogP contribution in [0.1, 0.15) is 31.6 Å². The number of nitrogens with two attached hydrogens (primary N) is 1. The third-order valence-electron chi connectivity index (χ3n) is 2.25. The summed E-state index contributed by atoms with van der Waals surface area (Å²) in [4.78, 5) is 5.64. The Balaban J connectivity index is 0.00000256. The van der Waals surface area contributed by atoms with Gasteiger partial charge in [-0.25, -0.2) is 0 Å². The van der Waals surface area contributed by atoms with Crippen molar-refractivity contribution < 1.29 is 0 Å². The Morgan fingerprint density at radius 2 is 2.18 bits per heavy atom. The van der Waals surface area contributed by atoms with E-state index in [0.29, 0.717) is 17.8 Å². The van der Waals surface area contributed by atoms with Gasteiger partial charge in [0.25, 0.3) is 0 Å². The molecule has 0 aromatic carbocycles. The maximum atomic E-state index is 5.77. The number of guanidine groups is 1. The van der Waals surface area contributed by atoms with Gasteiger partial charge in [-0.2, -0.15) is 0 Å². The molecule has 1 rings (SSSR count). The van der Waals surface area contributed by atoms with Gasteiger partial charge in [0.1, 0.15) is 0 Å². The first-order valence-electron chi connectivity index (χ1n) is 5.66. The molecular formula is C12H22IN3S. The zero-order valence-electron chi connectivity index (χ0n) is 10.6. The molecule has 0 saturated heterocycles. The lowest BCUT2D eigenvalue weighted by Crippen LogP contribution is -2.34. The molecule has 0 amide bonds. The van der Waals surface area contributed by atoms with Crippen molar-refractivity contribution in [3.63, 3.8) is 0 Å². The summed E-state index contributed by atoms with van der Waals surface area (Å²) in [5, 5.41) is 5.26. The third-order valence-corrected chi connectivity index (χ3v) is 3.35. The Bertz CT molecular complexity index is 323. The minimum atomic E-state index is 0. The molecule has 1 atom stereocenters. The summed E-state index contributed by atoms with van der Waals surface area (Å²) in [6.07, 6.45) is 0. The lowest BCUT2D eigenvalue weighted by molar-refractivity contribution is 0.657. The molecule has 1 aromatic rings. The van der Waals surface area contributed by atoms with Crippen LogP contribution >= 0.6 is 35.3 Å². The Morgan fingerprint density at radius 1 is 1.47 bits per heavy atom. The van der Waals surface area contributed by atoms with Gasteiger partial charge in [0, 0.05) is 23.9 Å². The fourth-order valence-corrected chi connectivity index (χ4v) is 2.05. The molecule has 0 spiro atoms. The van der Waals surface area contributed by atoms with E-state index in [9.17, 15) is 0 Å². The fourth-order valence-electron chi connectivity index (χ4n) is 1.27. The first kappa shape index (κ1) is 16.7. The zero-order chi connectivity index (χ0) is 12.0. The van der Waals surface area contributed by atoms with Crippen molar-refractivity contribution in [3.05, 3.63) is 22.4 Å². The minimum Gasteiger partial charge on any atom is -0.370 e. The maximum Gasteiger partial charge on any atom is 0.188 e. The van der Waals surface area contributed by atoms with E-state index >= 15 is 0 Å². The largest absolute Gasteiger partial charge is 0.370 e. The average Bonchev–Trinajstić information content (AvgIpc) is 2.76. The number of hydrogen-bond acceptors (Lipinski definition) is 2. The number of nitrogens with zero attached hydrogens (tertiary/aromatic N) is 1. The van der Waals surface area contributed by atoms with Crippen LogP contribution in [0.2, 0.25) is 0 Å². The van der Waals surface area contributed by atoms with Gasteiger partial charge in [0.2, 0.25) is 0 Å². The van der Waals surface area contributed by atoms with E-state index in [-0.39, 0.29) is 24.0 Å². The molecule has 1 aromatic heterocycles. The van der Waals surface area contributed by atoms with Gasteiger partial charge in [-0.1, -0.05) is 26.8 Å². The van der Waals surface area contributed by atoms with Crippen molar-refractivity contribution in [1.82, 2.24) is 5.32 Å². The minimum absolute atomic E-state index is 0. The lowest BCUT2D eigenvalue weighted by atomic mass is 10.1. The highest BCUT2D eigenvalue weighted by molar-refractivity contribution is 14.0. The molecule has 17 heavy (non-hydrogen) atoms. The molecule has 0 aliphatic carbocycles. The van der Waals surface area contributed by atoms with E-state index in [0.717, 1.165) is 13.1 Å². The molecule has 0 aliphatic rings. The Kier molecular flexibility index (Phi) is 8.59. The summed E-state index contributed by atoms with van der Waals surface area (Å²) in [5.74, 6) is 1.58. The second kappa shape index (κ2) is 8.74. The summed E-state index contributed by atoms with van der Waals surface area (Å²) in [6.45, 7) is 8.07. The summed E-state index contributed by atoms with van der Waals surface area (Å²) in [7, 11) is 0. The van der Waals surface area contributed by atoms with Gasteiger partial charge in [0.15, 0.2) is 5.96 Å². The molecule has 3 N–H and O–H groups in total. The predicted octanol–water partition coefficient (Wildman–Crippen LogP) is 3.03. The highest BCUT2D eigenvalue weighted by Crippen LogP contribution is 2.19. The van der Waals surface area contributed by atoms with Gasteiger partial charge in [0.05, 0.1) is 0 Å². The van der Waals surface area contributed by atoms with Crippen molar-refractivity contribution >= 4 is 41.3 Å². The number of halogens is 1. The second-order valence-electron chi connectivity index (χ2n) is 4.42. The second-order valence-corrected chi connectivity index (χ2v) is 5.40.